The minimum Gasteiger partial charge on any atom is -0.469 e. The van der Waals surface area contributed by atoms with E-state index in [0.717, 1.165) is 6.07 Å². The van der Waals surface area contributed by atoms with E-state index in [0.29, 0.717) is 5.56 Å². The lowest BCUT2D eigenvalue weighted by Crippen LogP contribution is -2.11. The number of aromatic nitrogens is 4. The summed E-state index contributed by atoms with van der Waals surface area (Å²) >= 11 is 0. The van der Waals surface area contributed by atoms with Gasteiger partial charge in [-0.3, -0.25) is 9.48 Å². The summed E-state index contributed by atoms with van der Waals surface area (Å²) in [6, 6.07) is 4.10. The van der Waals surface area contributed by atoms with Gasteiger partial charge in [0.15, 0.2) is 21.5 Å². The summed E-state index contributed by atoms with van der Waals surface area (Å²) in [7, 11) is -0.687. The largest absolute Gasteiger partial charge is 0.469 e. The fourth-order valence-electron chi connectivity index (χ4n) is 2.65. The third kappa shape index (κ3) is 4.62. The number of halogens is 1. The number of carbonyl (C=O) groups is 1. The normalized spacial score (nSPS) is 11.3. The molecule has 2 heterocycles. The van der Waals surface area contributed by atoms with Crippen LogP contribution in [-0.2, 0) is 32.8 Å². The zero-order valence-corrected chi connectivity index (χ0v) is 17.4. The Kier molecular flexibility index (Phi) is 6.11. The van der Waals surface area contributed by atoms with E-state index in [9.17, 15) is 17.6 Å². The maximum absolute atomic E-state index is 14.4. The van der Waals surface area contributed by atoms with Gasteiger partial charge in [0, 0.05) is 18.9 Å². The highest BCUT2D eigenvalue weighted by Crippen LogP contribution is 2.27. The van der Waals surface area contributed by atoms with Gasteiger partial charge in [0.05, 0.1) is 37.2 Å². The van der Waals surface area contributed by atoms with Crippen LogP contribution in [0.15, 0.2) is 41.7 Å². The Balaban J connectivity index is 2.00. The lowest BCUT2D eigenvalue weighted by atomic mass is 10.1. The number of anilines is 2. The average Bonchev–Trinajstić information content (AvgIpc) is 3.16. The molecule has 30 heavy (non-hydrogen) atoms. The van der Waals surface area contributed by atoms with Gasteiger partial charge < -0.3 is 10.1 Å². The quantitative estimate of drug-likeness (QED) is 0.564. The smallest absolute Gasteiger partial charge is 0.310 e. The van der Waals surface area contributed by atoms with Crippen molar-refractivity contribution >= 4 is 27.3 Å². The van der Waals surface area contributed by atoms with E-state index < -0.39 is 21.6 Å². The molecule has 0 radical (unpaired) electrons. The van der Waals surface area contributed by atoms with Crippen LogP contribution in [0.25, 0.3) is 11.4 Å². The summed E-state index contributed by atoms with van der Waals surface area (Å²) in [5, 5.41) is 6.91. The number of hydrogen-bond acceptors (Lipinski definition) is 8. The van der Waals surface area contributed by atoms with Crippen molar-refractivity contribution in [2.75, 3.05) is 18.2 Å². The molecular formula is C19H20FN5O4S. The van der Waals surface area contributed by atoms with Crippen molar-refractivity contribution in [3.8, 4) is 11.4 Å². The van der Waals surface area contributed by atoms with Crippen LogP contribution in [0.2, 0.25) is 0 Å². The predicted octanol–water partition coefficient (Wildman–Crippen LogP) is 2.27. The second kappa shape index (κ2) is 8.57. The fraction of sp³-hybridized carbons (Fsp3) is 0.263. The minimum atomic E-state index is -3.64. The van der Waals surface area contributed by atoms with E-state index in [2.05, 4.69) is 25.1 Å². The van der Waals surface area contributed by atoms with Gasteiger partial charge in [-0.25, -0.2) is 22.8 Å². The molecule has 0 atom stereocenters. The van der Waals surface area contributed by atoms with E-state index in [4.69, 9.17) is 0 Å². The molecule has 0 unspecified atom stereocenters. The van der Waals surface area contributed by atoms with E-state index >= 15 is 0 Å². The van der Waals surface area contributed by atoms with E-state index in [1.807, 2.05) is 0 Å². The first-order valence-electron chi connectivity index (χ1n) is 8.94. The molecule has 0 aliphatic heterocycles. The lowest BCUT2D eigenvalue weighted by molar-refractivity contribution is -0.139. The van der Waals surface area contributed by atoms with Crippen LogP contribution >= 0.6 is 0 Å². The molecule has 0 aliphatic rings. The van der Waals surface area contributed by atoms with Gasteiger partial charge in [0.1, 0.15) is 10.7 Å². The van der Waals surface area contributed by atoms with Gasteiger partial charge in [0.2, 0.25) is 0 Å². The molecule has 0 saturated carbocycles. The number of sulfone groups is 1. The monoisotopic (exact) mass is 433 g/mol. The van der Waals surface area contributed by atoms with Crippen molar-refractivity contribution in [2.45, 2.75) is 18.2 Å². The number of carbonyl (C=O) groups excluding carboxylic acids is 1. The average molecular weight is 433 g/mol. The van der Waals surface area contributed by atoms with Gasteiger partial charge in [-0.15, -0.1) is 0 Å². The fourth-order valence-corrected chi connectivity index (χ4v) is 3.57. The molecule has 0 amide bonds. The molecular weight excluding hydrogens is 413 g/mol. The van der Waals surface area contributed by atoms with Crippen molar-refractivity contribution in [1.29, 1.82) is 0 Å². The summed E-state index contributed by atoms with van der Waals surface area (Å²) in [6.07, 6.45) is 4.25. The molecule has 2 aromatic heterocycles. The highest BCUT2D eigenvalue weighted by Gasteiger charge is 2.21. The summed E-state index contributed by atoms with van der Waals surface area (Å²) in [5.41, 5.74) is 1.03. The number of aryl methyl sites for hydroxylation is 1. The minimum absolute atomic E-state index is 0.0193. The summed E-state index contributed by atoms with van der Waals surface area (Å²) in [5.74, 6) is -1.06. The summed E-state index contributed by atoms with van der Waals surface area (Å²) < 4.78 is 45.5. The highest BCUT2D eigenvalue weighted by atomic mass is 32.2. The SMILES string of the molecule is CCS(=O)(=O)c1cnc(-c2cnn(C)c2)nc1Nc1ccc(CC(=O)OC)c(F)c1. The van der Waals surface area contributed by atoms with Gasteiger partial charge in [-0.1, -0.05) is 13.0 Å². The van der Waals surface area contributed by atoms with E-state index in [-0.39, 0.29) is 40.0 Å². The number of benzene rings is 1. The van der Waals surface area contributed by atoms with Gasteiger partial charge in [-0.2, -0.15) is 5.10 Å². The zero-order valence-electron chi connectivity index (χ0n) is 16.6. The number of nitrogens with one attached hydrogen (secondary N) is 1. The summed E-state index contributed by atoms with van der Waals surface area (Å²) in [6.45, 7) is 1.51. The second-order valence-corrected chi connectivity index (χ2v) is 8.64. The molecule has 0 aliphatic carbocycles. The van der Waals surface area contributed by atoms with E-state index in [1.54, 1.807) is 24.1 Å². The topological polar surface area (TPSA) is 116 Å². The Bertz CT molecular complexity index is 1190. The maximum Gasteiger partial charge on any atom is 0.310 e. The van der Waals surface area contributed by atoms with Crippen molar-refractivity contribution in [3.05, 3.63) is 48.2 Å². The Morgan fingerprint density at radius 1 is 1.30 bits per heavy atom. The first kappa shape index (κ1) is 21.4. The molecule has 1 aromatic carbocycles. The van der Waals surface area contributed by atoms with Crippen LogP contribution < -0.4 is 5.32 Å². The van der Waals surface area contributed by atoms with Crippen molar-refractivity contribution in [2.24, 2.45) is 7.05 Å². The molecule has 9 nitrogen and oxygen atoms in total. The molecule has 0 spiro atoms. The van der Waals surface area contributed by atoms with Crippen molar-refractivity contribution < 1.29 is 22.3 Å². The zero-order chi connectivity index (χ0) is 21.9. The number of hydrogen-bond donors (Lipinski definition) is 1. The predicted molar refractivity (Wildman–Crippen MR) is 107 cm³/mol. The molecule has 1 N–H and O–H groups in total. The molecule has 3 aromatic rings. The Morgan fingerprint density at radius 3 is 2.67 bits per heavy atom. The third-order valence-corrected chi connectivity index (χ3v) is 6.04. The molecule has 158 valence electrons. The van der Waals surface area contributed by atoms with Crippen LogP contribution in [0.5, 0.6) is 0 Å². The van der Waals surface area contributed by atoms with Crippen LogP contribution in [0.1, 0.15) is 12.5 Å². The maximum atomic E-state index is 14.4. The van der Waals surface area contributed by atoms with Crippen molar-refractivity contribution in [1.82, 2.24) is 19.7 Å². The highest BCUT2D eigenvalue weighted by molar-refractivity contribution is 7.91. The Labute approximate surface area is 172 Å². The van der Waals surface area contributed by atoms with Crippen LogP contribution in [0.4, 0.5) is 15.9 Å². The van der Waals surface area contributed by atoms with Gasteiger partial charge in [0.25, 0.3) is 0 Å². The molecule has 0 bridgehead atoms. The molecule has 0 fully saturated rings. The number of nitrogens with zero attached hydrogens (tertiary/aromatic N) is 4. The third-order valence-electron chi connectivity index (χ3n) is 4.31. The number of ether oxygens (including phenoxy) is 1. The number of methoxy groups -OCH3 is 1. The standard InChI is InChI=1S/C19H20FN5O4S/c1-4-30(27,28)16-10-21-18(13-9-22-25(2)11-13)24-19(16)23-14-6-5-12(15(20)8-14)7-17(26)29-3/h5-6,8-11H,4,7H2,1-3H3,(H,21,23,24). The Hall–Kier alpha value is -3.34. The van der Waals surface area contributed by atoms with Gasteiger partial charge in [-0.05, 0) is 17.7 Å². The van der Waals surface area contributed by atoms with Gasteiger partial charge >= 0.3 is 5.97 Å². The van der Waals surface area contributed by atoms with Crippen LogP contribution in [0, 0.1) is 5.82 Å². The van der Waals surface area contributed by atoms with Crippen LogP contribution in [0.3, 0.4) is 0 Å². The first-order chi connectivity index (χ1) is 14.2. The number of rotatable bonds is 7. The molecule has 0 saturated heterocycles. The lowest BCUT2D eigenvalue weighted by Gasteiger charge is -2.13. The van der Waals surface area contributed by atoms with Crippen LogP contribution in [-0.4, -0.2) is 47.0 Å². The van der Waals surface area contributed by atoms with E-state index in [1.165, 1.54) is 32.4 Å². The Morgan fingerprint density at radius 2 is 2.07 bits per heavy atom. The number of esters is 1. The first-order valence-corrected chi connectivity index (χ1v) is 10.6. The van der Waals surface area contributed by atoms with Crippen molar-refractivity contribution in [3.63, 3.8) is 0 Å². The molecule has 3 rings (SSSR count). The second-order valence-electron chi connectivity index (χ2n) is 6.40. The summed E-state index contributed by atoms with van der Waals surface area (Å²) in [4.78, 5) is 19.7. The molecule has 11 heteroatoms.